The molecule has 4 aromatic rings. The van der Waals surface area contributed by atoms with Gasteiger partial charge < -0.3 is 14.8 Å². The number of amides is 1. The summed E-state index contributed by atoms with van der Waals surface area (Å²) in [5.41, 5.74) is 3.24. The summed E-state index contributed by atoms with van der Waals surface area (Å²) in [6.45, 7) is 3.36. The predicted molar refractivity (Wildman–Crippen MR) is 136 cm³/mol. The average Bonchev–Trinajstić information content (AvgIpc) is 3.27. The third kappa shape index (κ3) is 5.26. The minimum atomic E-state index is -2.50. The zero-order valence-electron chi connectivity index (χ0n) is 19.0. The van der Waals surface area contributed by atoms with E-state index in [-0.39, 0.29) is 17.6 Å². The molecule has 1 aromatic heterocycles. The largest absolute Gasteiger partial charge is 0.480 e. The second-order valence-electron chi connectivity index (χ2n) is 8.31. The molecule has 0 fully saturated rings. The first-order valence-corrected chi connectivity index (χ1v) is 11.9. The number of para-hydroxylation sites is 1. The van der Waals surface area contributed by atoms with Gasteiger partial charge in [0.15, 0.2) is 5.76 Å². The van der Waals surface area contributed by atoms with Crippen LogP contribution in [0.25, 0.3) is 22.1 Å². The maximum atomic E-state index is 12.5. The number of rotatable bonds is 8. The number of aliphatic carboxylic acids is 1. The van der Waals surface area contributed by atoms with E-state index in [1.54, 1.807) is 62.4 Å². The molecule has 0 aliphatic heterocycles. The average molecular weight is 493 g/mol. The third-order valence-corrected chi connectivity index (χ3v) is 6.33. The lowest BCUT2D eigenvalue weighted by Crippen LogP contribution is -2.45. The van der Waals surface area contributed by atoms with E-state index in [2.05, 4.69) is 5.32 Å². The highest BCUT2D eigenvalue weighted by Gasteiger charge is 2.32. The lowest BCUT2D eigenvalue weighted by molar-refractivity contribution is -0.139. The van der Waals surface area contributed by atoms with Crippen molar-refractivity contribution >= 4 is 45.5 Å². The Morgan fingerprint density at radius 1 is 0.943 bits per heavy atom. The van der Waals surface area contributed by atoms with Crippen molar-refractivity contribution in [3.63, 3.8) is 0 Å². The van der Waals surface area contributed by atoms with E-state index in [1.165, 1.54) is 0 Å². The molecule has 0 saturated heterocycles. The molecule has 0 spiro atoms. The van der Waals surface area contributed by atoms with Crippen LogP contribution in [0.1, 0.15) is 24.4 Å². The maximum absolute atomic E-state index is 12.5. The van der Waals surface area contributed by atoms with Gasteiger partial charge in [-0.1, -0.05) is 56.3 Å². The molecule has 2 atom stereocenters. The normalized spacial score (nSPS) is 12.9. The molecule has 35 heavy (non-hydrogen) atoms. The van der Waals surface area contributed by atoms with Crippen LogP contribution < -0.4 is 9.62 Å². The van der Waals surface area contributed by atoms with Crippen molar-refractivity contribution < 1.29 is 27.9 Å². The fraction of sp³-hybridized carbons (Fsp3) is 0.154. The molecular weight excluding hydrogens is 468 g/mol. The van der Waals surface area contributed by atoms with Gasteiger partial charge in [0.1, 0.15) is 11.6 Å². The van der Waals surface area contributed by atoms with Crippen molar-refractivity contribution in [3.05, 3.63) is 84.6 Å². The van der Waals surface area contributed by atoms with Crippen LogP contribution in [0.4, 0.5) is 11.4 Å². The van der Waals surface area contributed by atoms with E-state index < -0.39 is 23.3 Å². The molecule has 0 aliphatic carbocycles. The van der Waals surface area contributed by atoms with Gasteiger partial charge in [-0.05, 0) is 53.4 Å². The molecule has 1 amide bonds. The Morgan fingerprint density at radius 3 is 2.09 bits per heavy atom. The first-order valence-electron chi connectivity index (χ1n) is 10.9. The van der Waals surface area contributed by atoms with Crippen molar-refractivity contribution in [1.82, 2.24) is 0 Å². The van der Waals surface area contributed by atoms with Crippen LogP contribution in [0, 0.1) is 5.92 Å². The molecule has 2 unspecified atom stereocenters. The first-order chi connectivity index (χ1) is 16.7. The number of fused-ring (bicyclic) bond motifs is 1. The fourth-order valence-corrected chi connectivity index (χ4v) is 4.67. The van der Waals surface area contributed by atoms with Gasteiger partial charge in [0.25, 0.3) is 17.2 Å². The van der Waals surface area contributed by atoms with Crippen molar-refractivity contribution in [2.75, 3.05) is 9.62 Å². The monoisotopic (exact) mass is 492 g/mol. The second-order valence-corrected chi connectivity index (χ2v) is 9.17. The van der Waals surface area contributed by atoms with E-state index in [1.807, 2.05) is 30.3 Å². The molecule has 1 heterocycles. The summed E-state index contributed by atoms with van der Waals surface area (Å²) in [4.78, 5) is 24.2. The van der Waals surface area contributed by atoms with Gasteiger partial charge in [-0.2, -0.15) is 0 Å². The molecule has 0 aliphatic rings. The number of anilines is 2. The Kier molecular flexibility index (Phi) is 6.99. The van der Waals surface area contributed by atoms with E-state index in [0.29, 0.717) is 17.0 Å². The summed E-state index contributed by atoms with van der Waals surface area (Å²) in [6.07, 6.45) is 0. The van der Waals surface area contributed by atoms with Gasteiger partial charge in [-0.25, -0.2) is 9.00 Å². The maximum Gasteiger partial charge on any atom is 0.327 e. The summed E-state index contributed by atoms with van der Waals surface area (Å²) < 4.78 is 28.2. The van der Waals surface area contributed by atoms with Crippen LogP contribution in [0.3, 0.4) is 0 Å². The van der Waals surface area contributed by atoms with E-state index >= 15 is 0 Å². The number of hydrogen-bond acceptors (Lipinski definition) is 4. The number of furan rings is 1. The SMILES string of the molecule is CC(C)C(C(=O)O)N(c1ccc(-c2ccc(NC(=O)c3cc4ccccc4o3)cc2)cc1)S(=O)O. The molecule has 3 aromatic carbocycles. The van der Waals surface area contributed by atoms with Gasteiger partial charge in [0.05, 0.1) is 5.69 Å². The van der Waals surface area contributed by atoms with Gasteiger partial charge in [-0.15, -0.1) is 0 Å². The number of carboxylic acids is 1. The molecule has 0 radical (unpaired) electrons. The Morgan fingerprint density at radius 2 is 1.54 bits per heavy atom. The van der Waals surface area contributed by atoms with Crippen molar-refractivity contribution in [2.45, 2.75) is 19.9 Å². The van der Waals surface area contributed by atoms with E-state index in [9.17, 15) is 23.5 Å². The number of hydrogen-bond donors (Lipinski definition) is 3. The van der Waals surface area contributed by atoms with Crippen molar-refractivity contribution in [3.8, 4) is 11.1 Å². The zero-order valence-corrected chi connectivity index (χ0v) is 19.9. The molecule has 180 valence electrons. The predicted octanol–water partition coefficient (Wildman–Crippen LogP) is 5.40. The number of carbonyl (C=O) groups excluding carboxylic acids is 1. The topological polar surface area (TPSA) is 120 Å². The Hall–Kier alpha value is -3.95. The minimum Gasteiger partial charge on any atom is -0.480 e. The minimum absolute atomic E-state index is 0.220. The Bertz CT molecular complexity index is 1350. The number of nitrogens with one attached hydrogen (secondary N) is 1. The van der Waals surface area contributed by atoms with Crippen LogP contribution in [-0.4, -0.2) is 31.8 Å². The number of carbonyl (C=O) groups is 2. The highest BCUT2D eigenvalue weighted by Crippen LogP contribution is 2.28. The second kappa shape index (κ2) is 10.1. The fourth-order valence-electron chi connectivity index (χ4n) is 3.84. The van der Waals surface area contributed by atoms with Crippen LogP contribution in [0.15, 0.2) is 83.3 Å². The quantitative estimate of drug-likeness (QED) is 0.283. The Balaban J connectivity index is 1.49. The molecule has 3 N–H and O–H groups in total. The standard InChI is InChI=1S/C26H24N2O6S/c1-16(2)24(26(30)31)28(35(32)33)21-13-9-18(10-14-21)17-7-11-20(12-8-17)27-25(29)23-15-19-5-3-4-6-22(19)34-23/h3-16,24H,1-2H3,(H,27,29)(H,30,31)(H,32,33). The molecule has 0 saturated carbocycles. The lowest BCUT2D eigenvalue weighted by Gasteiger charge is -2.29. The van der Waals surface area contributed by atoms with Crippen molar-refractivity contribution in [1.29, 1.82) is 0 Å². The highest BCUT2D eigenvalue weighted by molar-refractivity contribution is 7.80. The third-order valence-electron chi connectivity index (χ3n) is 5.55. The van der Waals surface area contributed by atoms with Crippen LogP contribution >= 0.6 is 0 Å². The molecule has 4 rings (SSSR count). The van der Waals surface area contributed by atoms with E-state index in [0.717, 1.165) is 20.8 Å². The van der Waals surface area contributed by atoms with Gasteiger partial charge >= 0.3 is 5.97 Å². The lowest BCUT2D eigenvalue weighted by atomic mass is 10.0. The van der Waals surface area contributed by atoms with Gasteiger partial charge in [0.2, 0.25) is 0 Å². The number of carboxylic acid groups (broad SMARTS) is 1. The summed E-state index contributed by atoms with van der Waals surface area (Å²) in [5, 5.41) is 13.2. The van der Waals surface area contributed by atoms with Gasteiger partial charge in [0, 0.05) is 11.1 Å². The summed E-state index contributed by atoms with van der Waals surface area (Å²) in [7, 11) is 0. The summed E-state index contributed by atoms with van der Waals surface area (Å²) >= 11 is -2.50. The zero-order chi connectivity index (χ0) is 25.1. The molecular formula is C26H24N2O6S. The van der Waals surface area contributed by atoms with Crippen LogP contribution in [0.2, 0.25) is 0 Å². The van der Waals surface area contributed by atoms with Crippen molar-refractivity contribution in [2.24, 2.45) is 5.92 Å². The molecule has 0 bridgehead atoms. The van der Waals surface area contributed by atoms with Crippen LogP contribution in [0.5, 0.6) is 0 Å². The highest BCUT2D eigenvalue weighted by atomic mass is 32.2. The van der Waals surface area contributed by atoms with E-state index in [4.69, 9.17) is 4.42 Å². The number of nitrogens with zero attached hydrogens (tertiary/aromatic N) is 1. The smallest absolute Gasteiger partial charge is 0.327 e. The molecule has 9 heteroatoms. The first kappa shape index (κ1) is 24.2. The summed E-state index contributed by atoms with van der Waals surface area (Å²) in [6, 6.07) is 21.8. The van der Waals surface area contributed by atoms with Crippen LogP contribution in [-0.2, 0) is 16.1 Å². The number of benzene rings is 3. The summed E-state index contributed by atoms with van der Waals surface area (Å²) in [5.74, 6) is -1.69. The Labute approximate surface area is 204 Å². The van der Waals surface area contributed by atoms with Gasteiger partial charge in [-0.3, -0.25) is 13.7 Å². The molecule has 8 nitrogen and oxygen atoms in total.